The van der Waals surface area contributed by atoms with Crippen LogP contribution in [0, 0.1) is 25.2 Å². The Morgan fingerprint density at radius 2 is 1.79 bits per heavy atom. The van der Waals surface area contributed by atoms with E-state index in [-0.39, 0.29) is 12.2 Å². The van der Waals surface area contributed by atoms with E-state index in [1.165, 1.54) is 17.4 Å². The van der Waals surface area contributed by atoms with Crippen molar-refractivity contribution >= 4 is 45.9 Å². The normalized spacial score (nSPS) is 11.0. The van der Waals surface area contributed by atoms with Crippen molar-refractivity contribution in [3.63, 3.8) is 0 Å². The Kier molecular flexibility index (Phi) is 8.47. The van der Waals surface area contributed by atoms with E-state index in [9.17, 15) is 14.9 Å². The molecule has 6 nitrogen and oxygen atoms in total. The van der Waals surface area contributed by atoms with Crippen LogP contribution in [0.25, 0.3) is 6.08 Å². The quantitative estimate of drug-likeness (QED) is 0.225. The molecule has 0 radical (unpaired) electrons. The van der Waals surface area contributed by atoms with Gasteiger partial charge >= 0.3 is 5.97 Å². The lowest BCUT2D eigenvalue weighted by atomic mass is 10.1. The van der Waals surface area contributed by atoms with E-state index in [2.05, 4.69) is 5.32 Å². The zero-order valence-corrected chi connectivity index (χ0v) is 20.5. The Hall–Kier alpha value is -3.60. The summed E-state index contributed by atoms with van der Waals surface area (Å²) >= 11 is 7.16. The molecule has 1 N–H and O–H groups in total. The van der Waals surface area contributed by atoms with Crippen LogP contribution in [0.2, 0.25) is 5.02 Å². The largest absolute Gasteiger partial charge is 0.489 e. The second kappa shape index (κ2) is 11.5. The zero-order valence-electron chi connectivity index (χ0n) is 19.0. The molecular weight excluding hydrogens is 472 g/mol. The van der Waals surface area contributed by atoms with E-state index in [1.807, 2.05) is 25.1 Å². The number of aryl methyl sites for hydroxylation is 1. The van der Waals surface area contributed by atoms with Crippen LogP contribution < -0.4 is 10.1 Å². The van der Waals surface area contributed by atoms with E-state index in [0.29, 0.717) is 33.5 Å². The number of carbonyl (C=O) groups is 2. The highest BCUT2D eigenvalue weighted by molar-refractivity contribution is 7.16. The lowest BCUT2D eigenvalue weighted by Gasteiger charge is -2.08. The number of benzene rings is 2. The summed E-state index contributed by atoms with van der Waals surface area (Å²) in [5.74, 6) is -0.452. The predicted molar refractivity (Wildman–Crippen MR) is 134 cm³/mol. The van der Waals surface area contributed by atoms with Gasteiger partial charge in [-0.05, 0) is 67.8 Å². The number of rotatable bonds is 8. The first-order chi connectivity index (χ1) is 16.3. The summed E-state index contributed by atoms with van der Waals surface area (Å²) in [5.41, 5.74) is 2.62. The highest BCUT2D eigenvalue weighted by Gasteiger charge is 2.23. The summed E-state index contributed by atoms with van der Waals surface area (Å²) in [7, 11) is 0. The number of anilines is 1. The Balaban J connectivity index is 1.71. The van der Waals surface area contributed by atoms with Crippen molar-refractivity contribution in [2.45, 2.75) is 27.4 Å². The number of nitrogens with zero attached hydrogens (tertiary/aromatic N) is 1. The maximum atomic E-state index is 12.8. The third-order valence-corrected chi connectivity index (χ3v) is 6.34. The molecule has 0 fully saturated rings. The van der Waals surface area contributed by atoms with Gasteiger partial charge in [-0.15, -0.1) is 11.3 Å². The average molecular weight is 495 g/mol. The van der Waals surface area contributed by atoms with Crippen molar-refractivity contribution in [1.82, 2.24) is 0 Å². The number of carbonyl (C=O) groups excluding carboxylic acids is 2. The van der Waals surface area contributed by atoms with Crippen LogP contribution in [-0.4, -0.2) is 18.5 Å². The van der Waals surface area contributed by atoms with Crippen LogP contribution in [0.3, 0.4) is 0 Å². The minimum atomic E-state index is -0.600. The molecule has 0 saturated carbocycles. The fourth-order valence-electron chi connectivity index (χ4n) is 3.06. The first kappa shape index (κ1) is 25.0. The first-order valence-corrected chi connectivity index (χ1v) is 11.7. The van der Waals surface area contributed by atoms with Gasteiger partial charge in [0.05, 0.1) is 12.2 Å². The molecule has 8 heteroatoms. The van der Waals surface area contributed by atoms with E-state index >= 15 is 0 Å². The van der Waals surface area contributed by atoms with Gasteiger partial charge in [0, 0.05) is 9.90 Å². The summed E-state index contributed by atoms with van der Waals surface area (Å²) in [5, 5.41) is 13.3. The second-order valence-corrected chi connectivity index (χ2v) is 8.98. The molecule has 174 valence electrons. The first-order valence-electron chi connectivity index (χ1n) is 10.5. The molecule has 0 aliphatic rings. The van der Waals surface area contributed by atoms with Crippen LogP contribution in [0.1, 0.15) is 38.8 Å². The summed E-state index contributed by atoms with van der Waals surface area (Å²) < 4.78 is 10.9. The Morgan fingerprint density at radius 1 is 1.12 bits per heavy atom. The lowest BCUT2D eigenvalue weighted by molar-refractivity contribution is -0.112. The van der Waals surface area contributed by atoms with Crippen molar-refractivity contribution in [1.29, 1.82) is 5.26 Å². The molecule has 1 amide bonds. The Labute approximate surface area is 207 Å². The molecule has 0 aliphatic carbocycles. The summed E-state index contributed by atoms with van der Waals surface area (Å²) in [6.07, 6.45) is 1.48. The van der Waals surface area contributed by atoms with Crippen LogP contribution in [0.5, 0.6) is 5.75 Å². The summed E-state index contributed by atoms with van der Waals surface area (Å²) in [4.78, 5) is 26.0. The third-order valence-electron chi connectivity index (χ3n) is 4.97. The summed E-state index contributed by atoms with van der Waals surface area (Å²) in [6.45, 7) is 5.99. The molecule has 34 heavy (non-hydrogen) atoms. The van der Waals surface area contributed by atoms with Gasteiger partial charge in [0.2, 0.25) is 0 Å². The summed E-state index contributed by atoms with van der Waals surface area (Å²) in [6, 6.07) is 16.3. The molecular formula is C26H23ClN2O4S. The zero-order chi connectivity index (χ0) is 24.7. The molecule has 3 rings (SSSR count). The molecule has 0 aliphatic heterocycles. The van der Waals surface area contributed by atoms with Crippen LogP contribution in [0.4, 0.5) is 5.00 Å². The number of nitriles is 1. The van der Waals surface area contributed by atoms with Crippen LogP contribution in [-0.2, 0) is 16.1 Å². The fourth-order valence-corrected chi connectivity index (χ4v) is 4.23. The molecule has 3 aromatic rings. The molecule has 1 aromatic heterocycles. The topological polar surface area (TPSA) is 88.4 Å². The van der Waals surface area contributed by atoms with E-state index in [0.717, 1.165) is 16.0 Å². The number of thiophene rings is 1. The average Bonchev–Trinajstić information content (AvgIpc) is 3.10. The standard InChI is InChI=1S/C26H23ClN2O4S/c1-4-32-26(31)23-16(2)17(3)34-25(23)29-24(30)20(14-28)13-18-7-11-22(12-8-18)33-15-19-5-9-21(27)10-6-19/h5-13H,4,15H2,1-3H3,(H,29,30). The molecule has 1 heterocycles. The second-order valence-electron chi connectivity index (χ2n) is 7.32. The molecule has 0 spiro atoms. The molecule has 0 saturated heterocycles. The van der Waals surface area contributed by atoms with Crippen molar-refractivity contribution in [2.24, 2.45) is 0 Å². The maximum absolute atomic E-state index is 12.8. The van der Waals surface area contributed by atoms with Gasteiger partial charge in [0.15, 0.2) is 0 Å². The van der Waals surface area contributed by atoms with Gasteiger partial charge in [0.1, 0.15) is 29.0 Å². The van der Waals surface area contributed by atoms with Crippen molar-refractivity contribution < 1.29 is 19.1 Å². The Morgan fingerprint density at radius 3 is 2.41 bits per heavy atom. The molecule has 0 bridgehead atoms. The van der Waals surface area contributed by atoms with Crippen molar-refractivity contribution in [3.05, 3.63) is 86.3 Å². The fraction of sp³-hybridized carbons (Fsp3) is 0.192. The van der Waals surface area contributed by atoms with E-state index in [1.54, 1.807) is 50.2 Å². The smallest absolute Gasteiger partial charge is 0.341 e. The monoisotopic (exact) mass is 494 g/mol. The Bertz CT molecular complexity index is 1260. The van der Waals surface area contributed by atoms with E-state index < -0.39 is 11.9 Å². The highest BCUT2D eigenvalue weighted by Crippen LogP contribution is 2.33. The number of nitrogens with one attached hydrogen (secondary N) is 1. The van der Waals surface area contributed by atoms with Crippen molar-refractivity contribution in [2.75, 3.05) is 11.9 Å². The highest BCUT2D eigenvalue weighted by atomic mass is 35.5. The third kappa shape index (κ3) is 6.25. The number of esters is 1. The van der Waals surface area contributed by atoms with Gasteiger partial charge in [-0.25, -0.2) is 4.79 Å². The van der Waals surface area contributed by atoms with Crippen molar-refractivity contribution in [3.8, 4) is 11.8 Å². The maximum Gasteiger partial charge on any atom is 0.341 e. The van der Waals surface area contributed by atoms with Gasteiger partial charge in [-0.2, -0.15) is 5.26 Å². The number of hydrogen-bond donors (Lipinski definition) is 1. The van der Waals surface area contributed by atoms with E-state index in [4.69, 9.17) is 21.1 Å². The minimum absolute atomic E-state index is 0.0895. The SMILES string of the molecule is CCOC(=O)c1c(NC(=O)C(C#N)=Cc2ccc(OCc3ccc(Cl)cc3)cc2)sc(C)c1C. The number of halogens is 1. The van der Waals surface area contributed by atoms with Crippen LogP contribution in [0.15, 0.2) is 54.1 Å². The number of hydrogen-bond acceptors (Lipinski definition) is 6. The van der Waals surface area contributed by atoms with Gasteiger partial charge in [0.25, 0.3) is 5.91 Å². The molecule has 0 atom stereocenters. The number of ether oxygens (including phenoxy) is 2. The molecule has 0 unspecified atom stereocenters. The minimum Gasteiger partial charge on any atom is -0.489 e. The van der Waals surface area contributed by atoms with Crippen LogP contribution >= 0.6 is 22.9 Å². The van der Waals surface area contributed by atoms with Gasteiger partial charge in [-0.1, -0.05) is 35.9 Å². The van der Waals surface area contributed by atoms with Gasteiger partial charge in [-0.3, -0.25) is 4.79 Å². The lowest BCUT2D eigenvalue weighted by Crippen LogP contribution is -2.16. The van der Waals surface area contributed by atoms with Gasteiger partial charge < -0.3 is 14.8 Å². The predicted octanol–water partition coefficient (Wildman–Crippen LogP) is 6.32. The number of amides is 1. The molecule has 2 aromatic carbocycles.